The van der Waals surface area contributed by atoms with Crippen molar-refractivity contribution in [3.05, 3.63) is 36.4 Å². The van der Waals surface area contributed by atoms with E-state index in [-0.39, 0.29) is 28.8 Å². The number of nitrogens with two attached hydrogens (primary N) is 1. The molecule has 6 heteroatoms. The van der Waals surface area contributed by atoms with Gasteiger partial charge in [-0.05, 0) is 24.3 Å². The molecule has 0 spiro atoms. The van der Waals surface area contributed by atoms with Crippen LogP contribution in [0.15, 0.2) is 36.4 Å². The number of amides is 1. The van der Waals surface area contributed by atoms with Gasteiger partial charge in [-0.25, -0.2) is 0 Å². The number of benzene rings is 2. The number of carbonyl (C=O) groups is 1. The van der Waals surface area contributed by atoms with Gasteiger partial charge in [0.1, 0.15) is 11.4 Å². The fourth-order valence-corrected chi connectivity index (χ4v) is 1.74. The molecular formula is C14H15N3O3. The average molecular weight is 273 g/mol. The smallest absolute Gasteiger partial charge is 0.221 e. The van der Waals surface area contributed by atoms with Crippen LogP contribution in [0.1, 0.15) is 6.92 Å². The number of nitrogen functional groups attached to an aromatic ring is 1. The maximum atomic E-state index is 11.2. The van der Waals surface area contributed by atoms with Crippen molar-refractivity contribution in [1.82, 2.24) is 0 Å². The third-order valence-electron chi connectivity index (χ3n) is 2.68. The number of phenols is 2. The predicted octanol–water partition coefficient (Wildman–Crippen LogP) is 2.38. The first kappa shape index (κ1) is 13.5. The molecule has 0 aliphatic heterocycles. The molecule has 0 aliphatic carbocycles. The summed E-state index contributed by atoms with van der Waals surface area (Å²) < 4.78 is 0. The van der Waals surface area contributed by atoms with E-state index >= 15 is 0 Å². The monoisotopic (exact) mass is 273 g/mol. The molecule has 0 bridgehead atoms. The highest BCUT2D eigenvalue weighted by Crippen LogP contribution is 2.40. The van der Waals surface area contributed by atoms with Crippen LogP contribution in [0.2, 0.25) is 0 Å². The average Bonchev–Trinajstić information content (AvgIpc) is 2.40. The first-order valence-electron chi connectivity index (χ1n) is 5.93. The van der Waals surface area contributed by atoms with Crippen LogP contribution in [0.25, 0.3) is 0 Å². The van der Waals surface area contributed by atoms with Gasteiger partial charge in [0.2, 0.25) is 5.91 Å². The van der Waals surface area contributed by atoms with Crippen molar-refractivity contribution in [2.75, 3.05) is 16.4 Å². The molecule has 0 unspecified atom stereocenters. The van der Waals surface area contributed by atoms with E-state index in [1.165, 1.54) is 19.1 Å². The van der Waals surface area contributed by atoms with E-state index in [9.17, 15) is 15.0 Å². The first-order chi connectivity index (χ1) is 9.49. The fourth-order valence-electron chi connectivity index (χ4n) is 1.74. The largest absolute Gasteiger partial charge is 0.506 e. The molecule has 0 saturated heterocycles. The van der Waals surface area contributed by atoms with Crippen LogP contribution in [0.5, 0.6) is 11.5 Å². The van der Waals surface area contributed by atoms with Gasteiger partial charge < -0.3 is 26.6 Å². The molecule has 0 aromatic heterocycles. The van der Waals surface area contributed by atoms with Crippen LogP contribution in [0.4, 0.5) is 22.7 Å². The van der Waals surface area contributed by atoms with E-state index in [4.69, 9.17) is 5.73 Å². The summed E-state index contributed by atoms with van der Waals surface area (Å²) in [6, 6.07) is 9.59. The van der Waals surface area contributed by atoms with Gasteiger partial charge in [0.05, 0.1) is 17.1 Å². The molecule has 0 saturated carbocycles. The number of nitrogens with one attached hydrogen (secondary N) is 2. The Hall–Kier alpha value is -2.89. The van der Waals surface area contributed by atoms with Gasteiger partial charge in [-0.2, -0.15) is 0 Å². The minimum Gasteiger partial charge on any atom is -0.506 e. The lowest BCUT2D eigenvalue weighted by Crippen LogP contribution is -2.08. The standard InChI is InChI=1S/C14H15N3O3/c1-8(18)16-11-7-6-9(15)14(20)13(11)17-10-4-2-3-5-12(10)19/h2-7,17,19-20H,15H2,1H3,(H,16,18). The van der Waals surface area contributed by atoms with Gasteiger partial charge in [-0.15, -0.1) is 0 Å². The Morgan fingerprint density at radius 1 is 1.10 bits per heavy atom. The lowest BCUT2D eigenvalue weighted by molar-refractivity contribution is -0.114. The van der Waals surface area contributed by atoms with Crippen LogP contribution in [0.3, 0.4) is 0 Å². The van der Waals surface area contributed by atoms with Gasteiger partial charge in [-0.1, -0.05) is 12.1 Å². The lowest BCUT2D eigenvalue weighted by atomic mass is 10.2. The van der Waals surface area contributed by atoms with Gasteiger partial charge in [0.25, 0.3) is 0 Å². The van der Waals surface area contributed by atoms with Crippen LogP contribution < -0.4 is 16.4 Å². The van der Waals surface area contributed by atoms with Crippen LogP contribution in [0, 0.1) is 0 Å². The number of rotatable bonds is 3. The summed E-state index contributed by atoms with van der Waals surface area (Å²) in [7, 11) is 0. The highest BCUT2D eigenvalue weighted by atomic mass is 16.3. The highest BCUT2D eigenvalue weighted by molar-refractivity contribution is 5.96. The molecule has 2 aromatic carbocycles. The Morgan fingerprint density at radius 3 is 2.45 bits per heavy atom. The van der Waals surface area contributed by atoms with Crippen molar-refractivity contribution >= 4 is 28.7 Å². The first-order valence-corrected chi connectivity index (χ1v) is 5.93. The molecule has 6 nitrogen and oxygen atoms in total. The topological polar surface area (TPSA) is 108 Å². The second kappa shape index (κ2) is 5.40. The summed E-state index contributed by atoms with van der Waals surface area (Å²) in [5.41, 5.74) is 6.79. The molecule has 0 atom stereocenters. The molecule has 2 rings (SSSR count). The van der Waals surface area contributed by atoms with E-state index in [1.54, 1.807) is 24.3 Å². The van der Waals surface area contributed by atoms with Crippen LogP contribution in [-0.2, 0) is 4.79 Å². The Balaban J connectivity index is 2.46. The molecule has 1 amide bonds. The Bertz CT molecular complexity index is 656. The van der Waals surface area contributed by atoms with Gasteiger partial charge in [0.15, 0.2) is 5.75 Å². The molecule has 0 fully saturated rings. The van der Waals surface area contributed by atoms with E-state index in [1.807, 2.05) is 0 Å². The number of carbonyl (C=O) groups excluding carboxylic acids is 1. The summed E-state index contributed by atoms with van der Waals surface area (Å²) in [6.07, 6.45) is 0. The predicted molar refractivity (Wildman–Crippen MR) is 78.2 cm³/mol. The summed E-state index contributed by atoms with van der Waals surface area (Å²) in [5, 5.41) is 25.2. The van der Waals surface area contributed by atoms with E-state index in [0.717, 1.165) is 0 Å². The van der Waals surface area contributed by atoms with Crippen molar-refractivity contribution < 1.29 is 15.0 Å². The van der Waals surface area contributed by atoms with Crippen LogP contribution in [-0.4, -0.2) is 16.1 Å². The Morgan fingerprint density at radius 2 is 1.80 bits per heavy atom. The molecule has 20 heavy (non-hydrogen) atoms. The normalized spacial score (nSPS) is 10.1. The summed E-state index contributed by atoms with van der Waals surface area (Å²) in [6.45, 7) is 1.36. The van der Waals surface area contributed by atoms with Gasteiger partial charge in [-0.3, -0.25) is 4.79 Å². The number of aromatic hydroxyl groups is 2. The molecule has 0 radical (unpaired) electrons. The SMILES string of the molecule is CC(=O)Nc1ccc(N)c(O)c1Nc1ccccc1O. The van der Waals surface area contributed by atoms with Crippen molar-refractivity contribution in [3.8, 4) is 11.5 Å². The van der Waals surface area contributed by atoms with Gasteiger partial charge in [0, 0.05) is 6.92 Å². The maximum absolute atomic E-state index is 11.2. The molecule has 0 heterocycles. The zero-order valence-electron chi connectivity index (χ0n) is 10.8. The van der Waals surface area contributed by atoms with Crippen molar-refractivity contribution in [3.63, 3.8) is 0 Å². The molecule has 0 aliphatic rings. The van der Waals surface area contributed by atoms with Crippen molar-refractivity contribution in [2.24, 2.45) is 0 Å². The Labute approximate surface area is 115 Å². The van der Waals surface area contributed by atoms with E-state index < -0.39 is 0 Å². The Kier molecular flexibility index (Phi) is 3.65. The minimum absolute atomic E-state index is 0.0168. The molecule has 2 aromatic rings. The lowest BCUT2D eigenvalue weighted by Gasteiger charge is -2.16. The number of para-hydroxylation sites is 2. The van der Waals surface area contributed by atoms with Crippen molar-refractivity contribution in [1.29, 1.82) is 0 Å². The molecular weight excluding hydrogens is 258 g/mol. The third-order valence-corrected chi connectivity index (χ3v) is 2.68. The van der Waals surface area contributed by atoms with Gasteiger partial charge >= 0.3 is 0 Å². The van der Waals surface area contributed by atoms with Crippen LogP contribution >= 0.6 is 0 Å². The summed E-state index contributed by atoms with van der Waals surface area (Å²) >= 11 is 0. The fraction of sp³-hybridized carbons (Fsp3) is 0.0714. The number of phenolic OH excluding ortho intramolecular Hbond substituents is 2. The quantitative estimate of drug-likeness (QED) is 0.436. The highest BCUT2D eigenvalue weighted by Gasteiger charge is 2.13. The van der Waals surface area contributed by atoms with E-state index in [2.05, 4.69) is 10.6 Å². The number of hydrogen-bond acceptors (Lipinski definition) is 5. The molecule has 6 N–H and O–H groups in total. The van der Waals surface area contributed by atoms with Crippen molar-refractivity contribution in [2.45, 2.75) is 6.92 Å². The summed E-state index contributed by atoms with van der Waals surface area (Å²) in [4.78, 5) is 11.2. The van der Waals surface area contributed by atoms with E-state index in [0.29, 0.717) is 11.4 Å². The minimum atomic E-state index is -0.283. The molecule has 104 valence electrons. The second-order valence-corrected chi connectivity index (χ2v) is 4.25. The second-order valence-electron chi connectivity index (χ2n) is 4.25. The number of hydrogen-bond donors (Lipinski definition) is 5. The third kappa shape index (κ3) is 2.74. The zero-order valence-corrected chi connectivity index (χ0v) is 10.8. The maximum Gasteiger partial charge on any atom is 0.221 e. The zero-order chi connectivity index (χ0) is 14.7. The number of anilines is 4. The summed E-state index contributed by atoms with van der Waals surface area (Å²) in [5.74, 6) is -0.461.